The topological polar surface area (TPSA) is 79.8 Å². The Kier molecular flexibility index (Phi) is 12.6. The number of ether oxygens (including phenoxy) is 2. The summed E-state index contributed by atoms with van der Waals surface area (Å²) < 4.78 is 11.3. The predicted molar refractivity (Wildman–Crippen MR) is 92.1 cm³/mol. The molecule has 0 aliphatic rings. The monoisotopic (exact) mass is 328 g/mol. The van der Waals surface area contributed by atoms with Crippen molar-refractivity contribution in [2.45, 2.75) is 32.9 Å². The summed E-state index contributed by atoms with van der Waals surface area (Å²) in [6.07, 6.45) is 3.65. The number of aliphatic hydroxyl groups is 1. The molecule has 0 fully saturated rings. The van der Waals surface area contributed by atoms with E-state index >= 15 is 0 Å². The molecule has 0 aliphatic carbocycles. The molecule has 6 nitrogen and oxygen atoms in total. The zero-order chi connectivity index (χ0) is 17.6. The van der Waals surface area contributed by atoms with E-state index in [0.29, 0.717) is 39.5 Å². The molecule has 0 aromatic carbocycles. The van der Waals surface area contributed by atoms with E-state index in [-0.39, 0.29) is 11.3 Å². The number of hydrogen-bond donors (Lipinski definition) is 3. The minimum absolute atomic E-state index is 0.0571. The maximum absolute atomic E-state index is 10.9. The molecule has 23 heavy (non-hydrogen) atoms. The lowest BCUT2D eigenvalue weighted by atomic mass is 9.96. The van der Waals surface area contributed by atoms with E-state index in [2.05, 4.69) is 37.6 Å². The molecule has 1 unspecified atom stereocenters. The van der Waals surface area contributed by atoms with Crippen LogP contribution < -0.4 is 10.6 Å². The number of hydrogen-bond acceptors (Lipinski definition) is 5. The van der Waals surface area contributed by atoms with Crippen LogP contribution >= 0.6 is 0 Å². The highest BCUT2D eigenvalue weighted by Crippen LogP contribution is 2.16. The van der Waals surface area contributed by atoms with E-state index in [1.54, 1.807) is 0 Å². The molecule has 0 heterocycles. The zero-order valence-corrected chi connectivity index (χ0v) is 14.5. The van der Waals surface area contributed by atoms with Gasteiger partial charge in [0.2, 0.25) is 5.91 Å². The molecule has 6 heteroatoms. The van der Waals surface area contributed by atoms with Crippen molar-refractivity contribution in [1.29, 1.82) is 0 Å². The Morgan fingerprint density at radius 1 is 1.17 bits per heavy atom. The summed E-state index contributed by atoms with van der Waals surface area (Å²) >= 11 is 0. The van der Waals surface area contributed by atoms with Crippen molar-refractivity contribution in [2.75, 3.05) is 39.5 Å². The third kappa shape index (κ3) is 14.1. The summed E-state index contributed by atoms with van der Waals surface area (Å²) in [6.45, 7) is 14.8. The molecule has 0 spiro atoms. The highest BCUT2D eigenvalue weighted by atomic mass is 16.5. The van der Waals surface area contributed by atoms with E-state index in [1.807, 2.05) is 0 Å². The van der Waals surface area contributed by atoms with E-state index in [0.717, 1.165) is 12.8 Å². The van der Waals surface area contributed by atoms with E-state index in [4.69, 9.17) is 9.47 Å². The molecule has 134 valence electrons. The normalized spacial score (nSPS) is 12.7. The third-order valence-electron chi connectivity index (χ3n) is 2.98. The number of carbonyl (C=O) groups is 1. The summed E-state index contributed by atoms with van der Waals surface area (Å²) in [7, 11) is 0. The maximum atomic E-state index is 10.9. The molecule has 1 atom stereocenters. The van der Waals surface area contributed by atoms with E-state index < -0.39 is 6.23 Å². The van der Waals surface area contributed by atoms with Gasteiger partial charge in [-0.3, -0.25) is 10.1 Å². The number of aliphatic hydroxyl groups excluding tert-OH is 1. The highest BCUT2D eigenvalue weighted by Gasteiger charge is 2.18. The fourth-order valence-electron chi connectivity index (χ4n) is 1.70. The van der Waals surface area contributed by atoms with Crippen LogP contribution in [0.25, 0.3) is 0 Å². The zero-order valence-electron chi connectivity index (χ0n) is 14.5. The van der Waals surface area contributed by atoms with Crippen molar-refractivity contribution in [1.82, 2.24) is 10.6 Å². The van der Waals surface area contributed by atoms with Crippen molar-refractivity contribution < 1.29 is 19.4 Å². The molecule has 0 aromatic heterocycles. The van der Waals surface area contributed by atoms with Crippen LogP contribution in [0, 0.1) is 5.41 Å². The van der Waals surface area contributed by atoms with Crippen LogP contribution in [0.3, 0.4) is 0 Å². The molecule has 0 aliphatic heterocycles. The van der Waals surface area contributed by atoms with Gasteiger partial charge in [-0.2, -0.15) is 0 Å². The first kappa shape index (κ1) is 21.8. The lowest BCUT2D eigenvalue weighted by molar-refractivity contribution is -0.116. The molecule has 0 radical (unpaired) electrons. The van der Waals surface area contributed by atoms with Crippen LogP contribution in [0.1, 0.15) is 26.7 Å². The molecule has 0 saturated carbocycles. The van der Waals surface area contributed by atoms with Crippen molar-refractivity contribution in [2.24, 2.45) is 5.41 Å². The Morgan fingerprint density at radius 2 is 1.74 bits per heavy atom. The van der Waals surface area contributed by atoms with Gasteiger partial charge in [-0.25, -0.2) is 0 Å². The first-order chi connectivity index (χ1) is 10.9. The van der Waals surface area contributed by atoms with Crippen LogP contribution in [-0.2, 0) is 14.3 Å². The van der Waals surface area contributed by atoms with Gasteiger partial charge in [0.25, 0.3) is 0 Å². The van der Waals surface area contributed by atoms with Gasteiger partial charge >= 0.3 is 0 Å². The van der Waals surface area contributed by atoms with Crippen LogP contribution in [0.4, 0.5) is 0 Å². The van der Waals surface area contributed by atoms with Crippen molar-refractivity contribution >= 4 is 5.91 Å². The highest BCUT2D eigenvalue weighted by molar-refractivity contribution is 5.86. The van der Waals surface area contributed by atoms with E-state index in [9.17, 15) is 9.90 Å². The minimum Gasteiger partial charge on any atom is -0.381 e. The second-order valence-corrected chi connectivity index (χ2v) is 6.11. The van der Waals surface area contributed by atoms with Gasteiger partial charge in [-0.05, 0) is 31.5 Å². The lowest BCUT2D eigenvalue weighted by Crippen LogP contribution is -2.29. The first-order valence-electron chi connectivity index (χ1n) is 8.01. The summed E-state index contributed by atoms with van der Waals surface area (Å²) in [6, 6.07) is 0. The minimum atomic E-state index is -0.656. The Balaban J connectivity index is 3.52. The second-order valence-electron chi connectivity index (χ2n) is 6.11. The Hall–Kier alpha value is -1.21. The maximum Gasteiger partial charge on any atom is 0.243 e. The molecule has 0 saturated heterocycles. The fraction of sp³-hybridized carbons (Fsp3) is 0.706. The van der Waals surface area contributed by atoms with Gasteiger partial charge < -0.3 is 19.9 Å². The van der Waals surface area contributed by atoms with Gasteiger partial charge in [-0.1, -0.05) is 27.0 Å². The number of amides is 1. The molecular formula is C17H32N2O4. The molecule has 3 N–H and O–H groups in total. The summed E-state index contributed by atoms with van der Waals surface area (Å²) in [5, 5.41) is 14.8. The largest absolute Gasteiger partial charge is 0.381 e. The van der Waals surface area contributed by atoms with Gasteiger partial charge in [0.05, 0.1) is 13.2 Å². The molecule has 1 amide bonds. The average Bonchev–Trinajstić information content (AvgIpc) is 2.53. The second kappa shape index (κ2) is 13.2. The molecule has 0 bridgehead atoms. The third-order valence-corrected chi connectivity index (χ3v) is 2.98. The number of carbonyl (C=O) groups excluding carboxylic acids is 1. The SMILES string of the molecule is C=CC(=O)NCCCOCC(C)(C)COCCCNC(O)C=C. The smallest absolute Gasteiger partial charge is 0.243 e. The van der Waals surface area contributed by atoms with Crippen LogP contribution in [0.15, 0.2) is 25.3 Å². The van der Waals surface area contributed by atoms with Crippen molar-refractivity contribution in [3.05, 3.63) is 25.3 Å². The van der Waals surface area contributed by atoms with Gasteiger partial charge in [0.1, 0.15) is 6.23 Å². The lowest BCUT2D eigenvalue weighted by Gasteiger charge is -2.24. The Labute approximate surface area is 139 Å². The summed E-state index contributed by atoms with van der Waals surface area (Å²) in [5.74, 6) is -0.158. The van der Waals surface area contributed by atoms with Crippen molar-refractivity contribution in [3.63, 3.8) is 0 Å². The number of nitrogens with one attached hydrogen (secondary N) is 2. The van der Waals surface area contributed by atoms with Crippen LogP contribution in [-0.4, -0.2) is 56.8 Å². The molecule has 0 aromatic rings. The fourth-order valence-corrected chi connectivity index (χ4v) is 1.70. The van der Waals surface area contributed by atoms with Crippen LogP contribution in [0.5, 0.6) is 0 Å². The van der Waals surface area contributed by atoms with Gasteiger partial charge in [0.15, 0.2) is 0 Å². The number of rotatable bonds is 15. The Bertz CT molecular complexity index is 345. The summed E-state index contributed by atoms with van der Waals surface area (Å²) in [4.78, 5) is 10.9. The van der Waals surface area contributed by atoms with Gasteiger partial charge in [0, 0.05) is 25.2 Å². The predicted octanol–water partition coefficient (Wildman–Crippen LogP) is 1.22. The van der Waals surface area contributed by atoms with E-state index in [1.165, 1.54) is 12.2 Å². The van der Waals surface area contributed by atoms with Crippen molar-refractivity contribution in [3.8, 4) is 0 Å². The molecule has 0 rings (SSSR count). The quantitative estimate of drug-likeness (QED) is 0.182. The average molecular weight is 328 g/mol. The molecular weight excluding hydrogens is 296 g/mol. The van der Waals surface area contributed by atoms with Crippen LogP contribution in [0.2, 0.25) is 0 Å². The summed E-state index contributed by atoms with van der Waals surface area (Å²) in [5.41, 5.74) is -0.0571. The first-order valence-corrected chi connectivity index (χ1v) is 8.01. The Morgan fingerprint density at radius 3 is 2.26 bits per heavy atom. The standard InChI is InChI=1S/C17H32N2O4/c1-5-15(20)18-9-7-11-22-13-17(3,4)14-23-12-8-10-19-16(21)6-2/h5-6,15,18,20H,1-2,7-14H2,3-4H3,(H,19,21). The van der Waals surface area contributed by atoms with Gasteiger partial charge in [-0.15, -0.1) is 0 Å².